The Morgan fingerprint density at radius 1 is 1.38 bits per heavy atom. The first-order chi connectivity index (χ1) is 7.83. The second kappa shape index (κ2) is 4.24. The molecule has 13 nitrogen and oxygen atoms in total. The molecule has 0 unspecified atom stereocenters. The van der Waals surface area contributed by atoms with E-state index in [1.54, 1.807) is 0 Å². The average molecular weight is 227 g/mol. The standard InChI is InChI=1S/C3H9N13/c4-6-1-8-11-3(7-5)16(12-1)13-2-9-14-15-10-2/h14-15H,4-5H2,(H,6,12)(H2,9,10,13). The number of nitrogens with zero attached hydrogens (tertiary/aromatic N) is 6. The molecular weight excluding hydrogens is 218 g/mol. The molecule has 13 heteroatoms. The van der Waals surface area contributed by atoms with E-state index in [0.29, 0.717) is 5.96 Å². The van der Waals surface area contributed by atoms with Crippen LogP contribution in [0.2, 0.25) is 0 Å². The lowest BCUT2D eigenvalue weighted by molar-refractivity contribution is 0.574. The summed E-state index contributed by atoms with van der Waals surface area (Å²) >= 11 is 0. The van der Waals surface area contributed by atoms with Crippen molar-refractivity contribution < 1.29 is 0 Å². The first-order valence-electron chi connectivity index (χ1n) is 3.99. The van der Waals surface area contributed by atoms with Gasteiger partial charge in [-0.15, -0.1) is 35.8 Å². The van der Waals surface area contributed by atoms with Gasteiger partial charge in [0.15, 0.2) is 0 Å². The molecule has 1 aromatic heterocycles. The third-order valence-electron chi connectivity index (χ3n) is 1.48. The van der Waals surface area contributed by atoms with Gasteiger partial charge in [0.2, 0.25) is 0 Å². The topological polar surface area (TPSA) is 181 Å². The lowest BCUT2D eigenvalue weighted by Crippen LogP contribution is -2.45. The fraction of sp³-hybridized carbons (Fsp3) is 0. The average Bonchev–Trinajstić information content (AvgIpc) is 2.82. The molecule has 0 aromatic carbocycles. The molecule has 0 saturated carbocycles. The second-order valence-corrected chi connectivity index (χ2v) is 2.44. The summed E-state index contributed by atoms with van der Waals surface area (Å²) in [6, 6.07) is 0. The van der Waals surface area contributed by atoms with Crippen LogP contribution in [0, 0.1) is 0 Å². The van der Waals surface area contributed by atoms with E-state index in [1.807, 2.05) is 0 Å². The largest absolute Gasteiger partial charge is 0.320 e. The van der Waals surface area contributed by atoms with Crippen LogP contribution in [0.4, 0.5) is 5.95 Å². The normalized spacial score (nSPS) is 15.1. The van der Waals surface area contributed by atoms with Crippen LogP contribution < -0.4 is 44.7 Å². The predicted molar refractivity (Wildman–Crippen MR) is 51.6 cm³/mol. The van der Waals surface area contributed by atoms with E-state index in [0.717, 1.165) is 4.79 Å². The Morgan fingerprint density at radius 3 is 2.88 bits per heavy atom. The van der Waals surface area contributed by atoms with Crippen LogP contribution in [0.15, 0.2) is 10.2 Å². The molecule has 2 heterocycles. The van der Waals surface area contributed by atoms with Gasteiger partial charge in [0.1, 0.15) is 0 Å². The van der Waals surface area contributed by atoms with Crippen molar-refractivity contribution in [3.8, 4) is 0 Å². The van der Waals surface area contributed by atoms with Crippen molar-refractivity contribution in [2.24, 2.45) is 21.9 Å². The maximum atomic E-state index is 5.13. The molecule has 0 saturated heterocycles. The number of hydrogen-bond donors (Lipinski definition) is 7. The summed E-state index contributed by atoms with van der Waals surface area (Å²) in [5.74, 6) is 10.6. The van der Waals surface area contributed by atoms with Gasteiger partial charge in [-0.05, 0) is 0 Å². The number of guanidine groups is 1. The molecule has 0 atom stereocenters. The Kier molecular flexibility index (Phi) is 2.61. The van der Waals surface area contributed by atoms with Gasteiger partial charge in [0.05, 0.1) is 0 Å². The van der Waals surface area contributed by atoms with Crippen LogP contribution in [-0.2, 0) is 0 Å². The van der Waals surface area contributed by atoms with E-state index in [1.165, 1.54) is 0 Å². The molecule has 1 aromatic rings. The van der Waals surface area contributed by atoms with Crippen LogP contribution in [-0.4, -0.2) is 26.0 Å². The van der Waals surface area contributed by atoms with E-state index in [9.17, 15) is 0 Å². The minimum atomic E-state index is 0.0374. The molecule has 0 amide bonds. The zero-order valence-electron chi connectivity index (χ0n) is 7.84. The van der Waals surface area contributed by atoms with E-state index < -0.39 is 0 Å². The summed E-state index contributed by atoms with van der Waals surface area (Å²) in [6.45, 7) is 0. The Morgan fingerprint density at radius 2 is 2.25 bits per heavy atom. The molecular formula is C3H9N13. The zero-order chi connectivity index (χ0) is 11.4. The number of rotatable bonds is 2. The van der Waals surface area contributed by atoms with Gasteiger partial charge in [0.25, 0.3) is 11.9 Å². The lowest BCUT2D eigenvalue weighted by Gasteiger charge is -2.07. The number of hydrazine groups is 3. The summed E-state index contributed by atoms with van der Waals surface area (Å²) in [7, 11) is 0. The number of aromatic nitrogens is 4. The Bertz CT molecular complexity index is 454. The zero-order valence-corrected chi connectivity index (χ0v) is 7.84. The molecule has 0 radical (unpaired) electrons. The van der Waals surface area contributed by atoms with Crippen molar-refractivity contribution in [1.82, 2.24) is 36.6 Å². The third kappa shape index (κ3) is 1.88. The van der Waals surface area contributed by atoms with Gasteiger partial charge in [-0.3, -0.25) is 10.9 Å². The SMILES string of the molecule is NN=c1nnc(NN)nn1NC1=NNNN1. The van der Waals surface area contributed by atoms with Crippen molar-refractivity contribution in [3.63, 3.8) is 0 Å². The summed E-state index contributed by atoms with van der Waals surface area (Å²) in [5.41, 5.74) is 12.5. The molecule has 86 valence electrons. The molecule has 16 heavy (non-hydrogen) atoms. The third-order valence-corrected chi connectivity index (χ3v) is 1.48. The quantitative estimate of drug-likeness (QED) is 0.191. The van der Waals surface area contributed by atoms with Gasteiger partial charge >= 0.3 is 5.62 Å². The number of anilines is 1. The smallest absolute Gasteiger partial charge is 0.302 e. The van der Waals surface area contributed by atoms with Crippen molar-refractivity contribution >= 4 is 11.9 Å². The van der Waals surface area contributed by atoms with Crippen molar-refractivity contribution in [2.45, 2.75) is 0 Å². The molecule has 9 N–H and O–H groups in total. The van der Waals surface area contributed by atoms with Crippen LogP contribution in [0.1, 0.15) is 0 Å². The lowest BCUT2D eigenvalue weighted by atomic mass is 11.0. The fourth-order valence-electron chi connectivity index (χ4n) is 0.859. The Hall–Kier alpha value is -2.67. The summed E-state index contributed by atoms with van der Waals surface area (Å²) in [6.07, 6.45) is 0. The first-order valence-corrected chi connectivity index (χ1v) is 3.99. The van der Waals surface area contributed by atoms with Gasteiger partial charge < -0.3 is 5.84 Å². The maximum Gasteiger partial charge on any atom is 0.302 e. The highest BCUT2D eigenvalue weighted by Gasteiger charge is 2.07. The van der Waals surface area contributed by atoms with Crippen molar-refractivity contribution in [2.75, 3.05) is 10.9 Å². The first kappa shape index (κ1) is 9.87. The molecule has 1 aliphatic rings. The minimum absolute atomic E-state index is 0.0374. The van der Waals surface area contributed by atoms with Crippen molar-refractivity contribution in [1.29, 1.82) is 0 Å². The fourth-order valence-corrected chi connectivity index (χ4v) is 0.859. The highest BCUT2D eigenvalue weighted by Crippen LogP contribution is 1.83. The summed E-state index contributed by atoms with van der Waals surface area (Å²) < 4.78 is 0. The maximum absolute atomic E-state index is 5.13. The van der Waals surface area contributed by atoms with Gasteiger partial charge in [0, 0.05) is 0 Å². The van der Waals surface area contributed by atoms with Gasteiger partial charge in [-0.2, -0.15) is 0 Å². The Labute approximate surface area is 87.9 Å². The van der Waals surface area contributed by atoms with Gasteiger partial charge in [-0.1, -0.05) is 0 Å². The second-order valence-electron chi connectivity index (χ2n) is 2.44. The molecule has 0 aliphatic carbocycles. The van der Waals surface area contributed by atoms with E-state index in [2.05, 4.69) is 52.8 Å². The highest BCUT2D eigenvalue weighted by molar-refractivity contribution is 5.87. The van der Waals surface area contributed by atoms with E-state index >= 15 is 0 Å². The summed E-state index contributed by atoms with van der Waals surface area (Å²) in [5, 5.41) is 18.2. The van der Waals surface area contributed by atoms with Crippen LogP contribution in [0.5, 0.6) is 0 Å². The van der Waals surface area contributed by atoms with Gasteiger partial charge in [-0.25, -0.2) is 16.8 Å². The van der Waals surface area contributed by atoms with E-state index in [4.69, 9.17) is 11.7 Å². The van der Waals surface area contributed by atoms with Crippen LogP contribution in [0.25, 0.3) is 0 Å². The van der Waals surface area contributed by atoms with Crippen molar-refractivity contribution in [3.05, 3.63) is 5.62 Å². The monoisotopic (exact) mass is 227 g/mol. The number of nitrogens with two attached hydrogens (primary N) is 2. The van der Waals surface area contributed by atoms with Crippen LogP contribution in [0.3, 0.4) is 0 Å². The minimum Gasteiger partial charge on any atom is -0.320 e. The number of hydrogen-bond acceptors (Lipinski definition) is 12. The Balaban J connectivity index is 2.30. The molecule has 1 aliphatic heterocycles. The molecule has 0 fully saturated rings. The number of nitrogen functional groups attached to an aromatic ring is 1. The summed E-state index contributed by atoms with van der Waals surface area (Å²) in [4.78, 5) is 1.13. The number of hydrazone groups is 1. The molecule has 0 bridgehead atoms. The van der Waals surface area contributed by atoms with E-state index in [-0.39, 0.29) is 11.6 Å². The predicted octanol–water partition coefficient (Wildman–Crippen LogP) is -4.84. The number of nitrogens with one attached hydrogen (secondary N) is 5. The van der Waals surface area contributed by atoms with Crippen LogP contribution >= 0.6 is 0 Å². The molecule has 0 spiro atoms. The highest BCUT2D eigenvalue weighted by atomic mass is 15.8. The molecule has 2 rings (SSSR count).